The molecule has 1 N–H and O–H groups in total. The van der Waals surface area contributed by atoms with E-state index in [2.05, 4.69) is 10.3 Å². The number of methoxy groups -OCH3 is 1. The predicted octanol–water partition coefficient (Wildman–Crippen LogP) is 3.84. The Morgan fingerprint density at radius 3 is 2.79 bits per heavy atom. The van der Waals surface area contributed by atoms with Gasteiger partial charge in [0.1, 0.15) is 10.8 Å². The first-order chi connectivity index (χ1) is 13.4. The van der Waals surface area contributed by atoms with Crippen LogP contribution in [0.2, 0.25) is 0 Å². The average Bonchev–Trinajstić information content (AvgIpc) is 3.11. The van der Waals surface area contributed by atoms with Crippen LogP contribution in [0.5, 0.6) is 5.75 Å². The largest absolute Gasteiger partial charge is 0.494 e. The lowest BCUT2D eigenvalue weighted by Gasteiger charge is -2.22. The molecule has 0 bridgehead atoms. The normalized spacial score (nSPS) is 12.1. The van der Waals surface area contributed by atoms with Crippen LogP contribution in [0.4, 0.5) is 11.4 Å². The molecule has 0 saturated heterocycles. The number of aromatic nitrogens is 1. The molecular formula is C19H20N4O4S. The maximum absolute atomic E-state index is 12.5. The highest BCUT2D eigenvalue weighted by molar-refractivity contribution is 7.18. The number of non-ortho nitro benzene ring substituents is 1. The molecule has 146 valence electrons. The molecule has 1 amide bonds. The Balaban J connectivity index is 1.67. The number of hydrogen-bond donors (Lipinski definition) is 1. The lowest BCUT2D eigenvalue weighted by Crippen LogP contribution is -2.32. The van der Waals surface area contributed by atoms with Gasteiger partial charge in [0.25, 0.3) is 5.69 Å². The van der Waals surface area contributed by atoms with Crippen molar-refractivity contribution in [1.29, 1.82) is 0 Å². The molecule has 0 spiro atoms. The highest BCUT2D eigenvalue weighted by Gasteiger charge is 2.20. The van der Waals surface area contributed by atoms with E-state index in [1.807, 2.05) is 43.1 Å². The van der Waals surface area contributed by atoms with Crippen molar-refractivity contribution in [2.24, 2.45) is 0 Å². The zero-order valence-corrected chi connectivity index (χ0v) is 16.5. The number of ether oxygens (including phenoxy) is 1. The number of nitrogens with one attached hydrogen (secondary N) is 1. The summed E-state index contributed by atoms with van der Waals surface area (Å²) in [4.78, 5) is 29.4. The second-order valence-electron chi connectivity index (χ2n) is 6.30. The Kier molecular flexibility index (Phi) is 5.86. The van der Waals surface area contributed by atoms with Crippen LogP contribution >= 0.6 is 11.3 Å². The molecule has 0 fully saturated rings. The van der Waals surface area contributed by atoms with Crippen molar-refractivity contribution in [1.82, 2.24) is 9.88 Å². The molecule has 0 saturated carbocycles. The van der Waals surface area contributed by atoms with Crippen LogP contribution in [0.1, 0.15) is 18.0 Å². The summed E-state index contributed by atoms with van der Waals surface area (Å²) in [6.07, 6.45) is 0. The Bertz CT molecular complexity index is 987. The molecule has 9 heteroatoms. The molecule has 1 aromatic heterocycles. The Hall–Kier alpha value is -3.04. The summed E-state index contributed by atoms with van der Waals surface area (Å²) in [6.45, 7) is 2.13. The molecule has 1 atom stereocenters. The van der Waals surface area contributed by atoms with Gasteiger partial charge in [-0.1, -0.05) is 12.1 Å². The van der Waals surface area contributed by atoms with Gasteiger partial charge < -0.3 is 10.1 Å². The topological polar surface area (TPSA) is 97.6 Å². The van der Waals surface area contributed by atoms with Crippen LogP contribution in [0, 0.1) is 10.1 Å². The van der Waals surface area contributed by atoms with Gasteiger partial charge >= 0.3 is 0 Å². The molecule has 8 nitrogen and oxygen atoms in total. The minimum atomic E-state index is -0.512. The molecule has 1 heterocycles. The van der Waals surface area contributed by atoms with E-state index >= 15 is 0 Å². The smallest absolute Gasteiger partial charge is 0.273 e. The SMILES string of the molecule is COc1cc([N+](=O)[O-])ccc1NC(=O)CN(C)[C@H](C)c1nc2ccccc2s1. The van der Waals surface area contributed by atoms with Crippen molar-refractivity contribution in [3.8, 4) is 5.75 Å². The van der Waals surface area contributed by atoms with Gasteiger partial charge in [0.15, 0.2) is 0 Å². The first-order valence-electron chi connectivity index (χ1n) is 8.57. The third kappa shape index (κ3) is 4.26. The molecule has 0 aliphatic heterocycles. The van der Waals surface area contributed by atoms with E-state index in [0.29, 0.717) is 5.69 Å². The van der Waals surface area contributed by atoms with E-state index in [1.165, 1.54) is 25.3 Å². The molecule has 0 aliphatic rings. The Labute approximate surface area is 165 Å². The van der Waals surface area contributed by atoms with Crippen LogP contribution in [-0.4, -0.2) is 41.4 Å². The van der Waals surface area contributed by atoms with Crippen molar-refractivity contribution >= 4 is 38.8 Å². The lowest BCUT2D eigenvalue weighted by atomic mass is 10.2. The third-order valence-electron chi connectivity index (χ3n) is 4.39. The second-order valence-corrected chi connectivity index (χ2v) is 7.36. The number of thiazole rings is 1. The van der Waals surface area contributed by atoms with Crippen LogP contribution in [0.15, 0.2) is 42.5 Å². The molecule has 2 aromatic carbocycles. The zero-order chi connectivity index (χ0) is 20.3. The van der Waals surface area contributed by atoms with Gasteiger partial charge in [-0.3, -0.25) is 19.8 Å². The van der Waals surface area contributed by atoms with Gasteiger partial charge in [-0.25, -0.2) is 4.98 Å². The van der Waals surface area contributed by atoms with Gasteiger partial charge in [0.05, 0.1) is 46.6 Å². The molecule has 3 aromatic rings. The minimum Gasteiger partial charge on any atom is -0.494 e. The number of benzene rings is 2. The zero-order valence-electron chi connectivity index (χ0n) is 15.7. The predicted molar refractivity (Wildman–Crippen MR) is 109 cm³/mol. The first-order valence-corrected chi connectivity index (χ1v) is 9.38. The molecule has 0 radical (unpaired) electrons. The molecule has 3 rings (SSSR count). The minimum absolute atomic E-state index is 0.0399. The van der Waals surface area contributed by atoms with E-state index in [-0.39, 0.29) is 29.9 Å². The van der Waals surface area contributed by atoms with Crippen LogP contribution < -0.4 is 10.1 Å². The van der Waals surface area contributed by atoms with Crippen molar-refractivity contribution in [3.05, 3.63) is 57.6 Å². The van der Waals surface area contributed by atoms with Crippen LogP contribution in [0.3, 0.4) is 0 Å². The number of rotatable bonds is 7. The summed E-state index contributed by atoms with van der Waals surface area (Å²) in [6, 6.07) is 11.9. The number of carbonyl (C=O) groups excluding carboxylic acids is 1. The van der Waals surface area contributed by atoms with Crippen molar-refractivity contribution in [2.45, 2.75) is 13.0 Å². The fourth-order valence-electron chi connectivity index (χ4n) is 2.71. The second kappa shape index (κ2) is 8.32. The van der Waals surface area contributed by atoms with Crippen molar-refractivity contribution in [3.63, 3.8) is 0 Å². The number of para-hydroxylation sites is 1. The Morgan fingerprint density at radius 2 is 2.11 bits per heavy atom. The summed E-state index contributed by atoms with van der Waals surface area (Å²) in [5, 5.41) is 14.6. The highest BCUT2D eigenvalue weighted by Crippen LogP contribution is 2.30. The monoisotopic (exact) mass is 400 g/mol. The number of nitro groups is 1. The van der Waals surface area contributed by atoms with Gasteiger partial charge in [0.2, 0.25) is 5.91 Å². The lowest BCUT2D eigenvalue weighted by molar-refractivity contribution is -0.384. The van der Waals surface area contributed by atoms with Gasteiger partial charge in [-0.05, 0) is 32.2 Å². The number of nitro benzene ring substituents is 1. The maximum atomic E-state index is 12.5. The summed E-state index contributed by atoms with van der Waals surface area (Å²) < 4.78 is 6.26. The number of nitrogens with zero attached hydrogens (tertiary/aromatic N) is 3. The van der Waals surface area contributed by atoms with Crippen LogP contribution in [0.25, 0.3) is 10.2 Å². The van der Waals surface area contributed by atoms with Gasteiger partial charge in [-0.2, -0.15) is 0 Å². The number of hydrogen-bond acceptors (Lipinski definition) is 7. The summed E-state index contributed by atoms with van der Waals surface area (Å²) in [7, 11) is 3.25. The summed E-state index contributed by atoms with van der Waals surface area (Å²) in [5.41, 5.74) is 1.23. The van der Waals surface area contributed by atoms with E-state index in [0.717, 1.165) is 15.2 Å². The quantitative estimate of drug-likeness (QED) is 0.478. The van der Waals surface area contributed by atoms with E-state index < -0.39 is 4.92 Å². The van der Waals surface area contributed by atoms with Gasteiger partial charge in [0, 0.05) is 6.07 Å². The number of likely N-dealkylation sites (N-methyl/N-ethyl adjacent to an activating group) is 1. The fourth-order valence-corrected chi connectivity index (χ4v) is 3.79. The fraction of sp³-hybridized carbons (Fsp3) is 0.263. The number of carbonyl (C=O) groups is 1. The Morgan fingerprint density at radius 1 is 1.36 bits per heavy atom. The molecule has 28 heavy (non-hydrogen) atoms. The first kappa shape index (κ1) is 19.7. The third-order valence-corrected chi connectivity index (χ3v) is 5.60. The maximum Gasteiger partial charge on any atom is 0.273 e. The molecular weight excluding hydrogens is 380 g/mol. The number of anilines is 1. The van der Waals surface area contributed by atoms with E-state index in [1.54, 1.807) is 11.3 Å². The van der Waals surface area contributed by atoms with E-state index in [9.17, 15) is 14.9 Å². The van der Waals surface area contributed by atoms with Crippen LogP contribution in [-0.2, 0) is 4.79 Å². The standard InChI is InChI=1S/C19H20N4O4S/c1-12(19-21-15-6-4-5-7-17(15)28-19)22(2)11-18(24)20-14-9-8-13(23(25)26)10-16(14)27-3/h4-10,12H,11H2,1-3H3,(H,20,24)/t12-/m1/s1. The number of fused-ring (bicyclic) bond motifs is 1. The summed E-state index contributed by atoms with van der Waals surface area (Å²) >= 11 is 1.61. The highest BCUT2D eigenvalue weighted by atomic mass is 32.1. The van der Waals surface area contributed by atoms with Crippen molar-refractivity contribution < 1.29 is 14.5 Å². The van der Waals surface area contributed by atoms with Crippen molar-refractivity contribution in [2.75, 3.05) is 26.0 Å². The van der Waals surface area contributed by atoms with E-state index in [4.69, 9.17) is 4.74 Å². The van der Waals surface area contributed by atoms with Gasteiger partial charge in [-0.15, -0.1) is 11.3 Å². The number of amides is 1. The average molecular weight is 400 g/mol. The molecule has 0 aliphatic carbocycles. The molecule has 0 unspecified atom stereocenters. The summed E-state index contributed by atoms with van der Waals surface area (Å²) in [5.74, 6) is -0.00737.